The van der Waals surface area contributed by atoms with Crippen LogP contribution in [0, 0.1) is 0 Å². The minimum absolute atomic E-state index is 0.161. The van der Waals surface area contributed by atoms with Crippen LogP contribution < -0.4 is 4.90 Å². The van der Waals surface area contributed by atoms with Gasteiger partial charge in [-0.15, -0.1) is 0 Å². The van der Waals surface area contributed by atoms with Crippen molar-refractivity contribution in [3.8, 4) is 50.2 Å². The monoisotopic (exact) mass is 844 g/mol. The highest BCUT2D eigenvalue weighted by Gasteiger charge is 2.36. The molecule has 3 nitrogen and oxygen atoms in total. The normalized spacial score (nSPS) is 12.8. The van der Waals surface area contributed by atoms with E-state index >= 15 is 0 Å². The quantitative estimate of drug-likeness (QED) is 0.159. The molecule has 0 unspecified atom stereocenters. The van der Waals surface area contributed by atoms with Crippen LogP contribution in [0.1, 0.15) is 25.0 Å². The third-order valence-corrected chi connectivity index (χ3v) is 14.0. The van der Waals surface area contributed by atoms with Gasteiger partial charge in [0.2, 0.25) is 0 Å². The zero-order valence-corrected chi connectivity index (χ0v) is 36.7. The van der Waals surface area contributed by atoms with E-state index in [1.807, 2.05) is 0 Å². The van der Waals surface area contributed by atoms with E-state index in [4.69, 9.17) is 4.42 Å². The van der Waals surface area contributed by atoms with Crippen LogP contribution in [0.5, 0.6) is 0 Å². The van der Waals surface area contributed by atoms with E-state index in [9.17, 15) is 0 Å². The first-order valence-corrected chi connectivity index (χ1v) is 22.8. The van der Waals surface area contributed by atoms with E-state index in [2.05, 4.69) is 254 Å². The van der Waals surface area contributed by atoms with Crippen molar-refractivity contribution in [3.63, 3.8) is 0 Å². The summed E-state index contributed by atoms with van der Waals surface area (Å²) in [7, 11) is 0. The molecule has 1 aliphatic rings. The molecule has 66 heavy (non-hydrogen) atoms. The van der Waals surface area contributed by atoms with Crippen LogP contribution in [0.15, 0.2) is 235 Å². The fraction of sp³-hybridized carbons (Fsp3) is 0.0476. The average molecular weight is 845 g/mol. The zero-order valence-electron chi connectivity index (χ0n) is 36.7. The number of para-hydroxylation sites is 2. The maximum atomic E-state index is 6.83. The molecule has 10 aromatic carbocycles. The number of nitrogens with zero attached hydrogens (tertiary/aromatic N) is 2. The number of hydrogen-bond donors (Lipinski definition) is 0. The van der Waals surface area contributed by atoms with Crippen molar-refractivity contribution >= 4 is 60.8 Å². The molecule has 2 heterocycles. The summed E-state index contributed by atoms with van der Waals surface area (Å²) in [5.74, 6) is 0. The molecule has 0 N–H and O–H groups in total. The molecule has 13 rings (SSSR count). The fourth-order valence-corrected chi connectivity index (χ4v) is 10.8. The molecule has 0 aliphatic heterocycles. The first-order chi connectivity index (χ1) is 32.5. The Hall–Kier alpha value is -8.40. The number of furan rings is 1. The summed E-state index contributed by atoms with van der Waals surface area (Å²) in [6.45, 7) is 4.73. The van der Waals surface area contributed by atoms with E-state index in [0.717, 1.165) is 55.7 Å². The Balaban J connectivity index is 1.10. The fourth-order valence-electron chi connectivity index (χ4n) is 10.8. The van der Waals surface area contributed by atoms with Gasteiger partial charge in [0.05, 0.1) is 11.0 Å². The van der Waals surface area contributed by atoms with Gasteiger partial charge >= 0.3 is 0 Å². The van der Waals surface area contributed by atoms with Crippen molar-refractivity contribution in [1.82, 2.24) is 4.57 Å². The summed E-state index contributed by atoms with van der Waals surface area (Å²) in [6, 6.07) is 83.8. The van der Waals surface area contributed by atoms with Crippen LogP contribution >= 0.6 is 0 Å². The molecule has 0 bridgehead atoms. The van der Waals surface area contributed by atoms with Gasteiger partial charge in [-0.1, -0.05) is 172 Å². The van der Waals surface area contributed by atoms with Crippen LogP contribution in [0.4, 0.5) is 17.1 Å². The van der Waals surface area contributed by atoms with Gasteiger partial charge in [0, 0.05) is 61.3 Å². The van der Waals surface area contributed by atoms with Gasteiger partial charge in [0.1, 0.15) is 11.2 Å². The highest BCUT2D eigenvalue weighted by molar-refractivity contribution is 6.27. The van der Waals surface area contributed by atoms with Crippen LogP contribution in [0.25, 0.3) is 93.9 Å². The summed E-state index contributed by atoms with van der Waals surface area (Å²) in [5, 5.41) is 4.61. The van der Waals surface area contributed by atoms with Crippen LogP contribution in [0.3, 0.4) is 0 Å². The number of aromatic nitrogens is 1. The second-order valence-electron chi connectivity index (χ2n) is 18.1. The molecule has 0 amide bonds. The lowest BCUT2D eigenvalue weighted by atomic mass is 9.81. The van der Waals surface area contributed by atoms with Crippen molar-refractivity contribution in [2.24, 2.45) is 0 Å². The standard InChI is InChI=1S/C63H44N2O/c1-63(2)54-24-14-12-22-50(54)51-36-30-45(38-55(51)63)60-61-53-39-49(35-37-56(53)65(46-20-10-5-11-21-46)57(61)40-59-62(60)52-23-13-15-25-58(52)66-59)64(47-31-26-43(27-32-47)41-16-6-3-7-17-41)48-33-28-44(29-34-48)42-18-8-4-9-19-42/h3-40H,1-2H3. The Bertz CT molecular complexity index is 3720. The van der Waals surface area contributed by atoms with E-state index in [-0.39, 0.29) is 5.41 Å². The Morgan fingerprint density at radius 1 is 0.379 bits per heavy atom. The van der Waals surface area contributed by atoms with Crippen molar-refractivity contribution < 1.29 is 4.42 Å². The molecular formula is C63H44N2O. The van der Waals surface area contributed by atoms with Gasteiger partial charge in [-0.05, 0) is 117 Å². The van der Waals surface area contributed by atoms with E-state index in [0.29, 0.717) is 0 Å². The maximum absolute atomic E-state index is 6.83. The predicted octanol–water partition coefficient (Wildman–Crippen LogP) is 17.5. The number of anilines is 3. The molecule has 0 atom stereocenters. The highest BCUT2D eigenvalue weighted by atomic mass is 16.3. The molecule has 12 aromatic rings. The van der Waals surface area contributed by atoms with Crippen molar-refractivity contribution in [2.45, 2.75) is 19.3 Å². The molecule has 0 radical (unpaired) electrons. The lowest BCUT2D eigenvalue weighted by molar-refractivity contribution is 0.660. The lowest BCUT2D eigenvalue weighted by Gasteiger charge is -2.26. The van der Waals surface area contributed by atoms with Crippen LogP contribution in [-0.2, 0) is 5.41 Å². The zero-order chi connectivity index (χ0) is 43.9. The lowest BCUT2D eigenvalue weighted by Crippen LogP contribution is -2.14. The Labute approximate surface area is 384 Å². The maximum Gasteiger partial charge on any atom is 0.138 e. The molecule has 2 aromatic heterocycles. The van der Waals surface area contributed by atoms with Gasteiger partial charge < -0.3 is 13.9 Å². The van der Waals surface area contributed by atoms with Crippen LogP contribution in [-0.4, -0.2) is 4.57 Å². The second kappa shape index (κ2) is 14.8. The summed E-state index contributed by atoms with van der Waals surface area (Å²) in [4.78, 5) is 2.40. The van der Waals surface area contributed by atoms with Gasteiger partial charge in [0.25, 0.3) is 0 Å². The molecule has 0 spiro atoms. The first-order valence-electron chi connectivity index (χ1n) is 22.8. The third-order valence-electron chi connectivity index (χ3n) is 14.0. The van der Waals surface area contributed by atoms with Crippen LogP contribution in [0.2, 0.25) is 0 Å². The van der Waals surface area contributed by atoms with E-state index in [1.165, 1.54) is 66.4 Å². The summed E-state index contributed by atoms with van der Waals surface area (Å²) >= 11 is 0. The van der Waals surface area contributed by atoms with Crippen molar-refractivity contribution in [1.29, 1.82) is 0 Å². The molecule has 0 saturated heterocycles. The van der Waals surface area contributed by atoms with Gasteiger partial charge in [-0.3, -0.25) is 0 Å². The molecular weight excluding hydrogens is 801 g/mol. The number of rotatable bonds is 7. The van der Waals surface area contributed by atoms with E-state index < -0.39 is 0 Å². The van der Waals surface area contributed by atoms with Gasteiger partial charge in [0.15, 0.2) is 0 Å². The Kier molecular flexibility index (Phi) is 8.56. The van der Waals surface area contributed by atoms with Crippen molar-refractivity contribution in [2.75, 3.05) is 4.90 Å². The number of hydrogen-bond acceptors (Lipinski definition) is 2. The smallest absolute Gasteiger partial charge is 0.138 e. The molecule has 1 aliphatic carbocycles. The number of benzene rings is 10. The topological polar surface area (TPSA) is 21.3 Å². The SMILES string of the molecule is CC1(C)c2ccccc2-c2ccc(-c3c4c(cc5c3c3cc(N(c6ccc(-c7ccccc7)cc6)c6ccc(-c7ccccc7)cc6)ccc3n5-c3ccccc3)oc3ccccc34)cc21. The Morgan fingerprint density at radius 3 is 1.61 bits per heavy atom. The number of fused-ring (bicyclic) bond motifs is 9. The molecule has 0 fully saturated rings. The Morgan fingerprint density at radius 2 is 0.924 bits per heavy atom. The predicted molar refractivity (Wildman–Crippen MR) is 277 cm³/mol. The second-order valence-corrected chi connectivity index (χ2v) is 18.1. The molecule has 312 valence electrons. The molecule has 3 heteroatoms. The van der Waals surface area contributed by atoms with Gasteiger partial charge in [-0.2, -0.15) is 0 Å². The minimum atomic E-state index is -0.161. The minimum Gasteiger partial charge on any atom is -0.456 e. The summed E-state index contributed by atoms with van der Waals surface area (Å²) in [5.41, 5.74) is 20.6. The highest BCUT2D eigenvalue weighted by Crippen LogP contribution is 2.53. The first kappa shape index (κ1) is 38.1. The molecule has 0 saturated carbocycles. The van der Waals surface area contributed by atoms with Gasteiger partial charge in [-0.25, -0.2) is 0 Å². The third kappa shape index (κ3) is 5.90. The summed E-state index contributed by atoms with van der Waals surface area (Å²) in [6.07, 6.45) is 0. The largest absolute Gasteiger partial charge is 0.456 e. The van der Waals surface area contributed by atoms with E-state index in [1.54, 1.807) is 0 Å². The summed E-state index contributed by atoms with van der Waals surface area (Å²) < 4.78 is 9.26. The van der Waals surface area contributed by atoms with Crippen molar-refractivity contribution in [3.05, 3.63) is 242 Å². The average Bonchev–Trinajstić information content (AvgIpc) is 3.99.